The van der Waals surface area contributed by atoms with Crippen LogP contribution in [0.5, 0.6) is 0 Å². The van der Waals surface area contributed by atoms with Gasteiger partial charge in [0.25, 0.3) is 0 Å². The fraction of sp³-hybridized carbons (Fsp3) is 0.0690. The zero-order valence-corrected chi connectivity index (χ0v) is 20.4. The molecule has 5 heteroatoms. The van der Waals surface area contributed by atoms with Crippen LogP contribution in [0.15, 0.2) is 113 Å². The minimum absolute atomic E-state index is 0.164. The third-order valence-corrected chi connectivity index (χ3v) is 9.77. The predicted octanol–water partition coefficient (Wildman–Crippen LogP) is 4.11. The molecule has 3 aliphatic carbocycles. The van der Waals surface area contributed by atoms with Gasteiger partial charge in [-0.2, -0.15) is 0 Å². The van der Waals surface area contributed by atoms with E-state index in [4.69, 9.17) is 4.98 Å². The van der Waals surface area contributed by atoms with Crippen LogP contribution in [0.3, 0.4) is 0 Å². The molecule has 1 aromatic heterocycles. The zero-order valence-electron chi connectivity index (χ0n) is 18.1. The summed E-state index contributed by atoms with van der Waals surface area (Å²) in [6.07, 6.45) is 9.70. The molecule has 4 aliphatic rings. The van der Waals surface area contributed by atoms with Gasteiger partial charge in [-0.25, -0.2) is 0 Å². The van der Waals surface area contributed by atoms with Crippen molar-refractivity contribution < 1.29 is 9.59 Å². The van der Waals surface area contributed by atoms with Gasteiger partial charge in [0, 0.05) is 0 Å². The third-order valence-electron chi connectivity index (χ3n) is 6.71. The van der Waals surface area contributed by atoms with Crippen molar-refractivity contribution in [2.45, 2.75) is 12.8 Å². The minimum Gasteiger partial charge on any atom is -0.0615 e. The molecule has 0 N–H and O–H groups in total. The summed E-state index contributed by atoms with van der Waals surface area (Å²) in [6, 6.07) is 19.9. The molecule has 0 fully saturated rings. The van der Waals surface area contributed by atoms with Crippen molar-refractivity contribution in [2.24, 2.45) is 0 Å². The van der Waals surface area contributed by atoms with E-state index >= 15 is 0 Å². The molecule has 0 unspecified atom stereocenters. The number of carbonyl (C=O) groups excluding carboxylic acids is 2. The minimum atomic E-state index is -0.509. The molecule has 7 rings (SSSR count). The van der Waals surface area contributed by atoms with Crippen molar-refractivity contribution >= 4 is 51.2 Å². The molecule has 0 amide bonds. The predicted molar refractivity (Wildman–Crippen MR) is 133 cm³/mol. The van der Waals surface area contributed by atoms with Crippen LogP contribution >= 0.6 is 0 Å². The number of anilines is 2. The number of carbonyl (C=O) groups is 2. The molecule has 3 aromatic rings. The molecule has 0 saturated heterocycles. The number of ketones is 2. The van der Waals surface area contributed by atoms with E-state index in [1.807, 2.05) is 12.3 Å². The molecule has 0 saturated carbocycles. The van der Waals surface area contributed by atoms with Gasteiger partial charge in [-0.3, -0.25) is 0 Å². The normalized spacial score (nSPS) is 17.9. The Morgan fingerprint density at radius 2 is 1.50 bits per heavy atom. The van der Waals surface area contributed by atoms with Gasteiger partial charge >= 0.3 is 183 Å². The number of fused-ring (bicyclic) bond motifs is 3. The second-order valence-electron chi connectivity index (χ2n) is 8.75. The number of hydrogen-bond donors (Lipinski definition) is 0. The van der Waals surface area contributed by atoms with E-state index in [0.29, 0.717) is 11.1 Å². The Hall–Kier alpha value is -3.52. The summed E-state index contributed by atoms with van der Waals surface area (Å²) in [7, 11) is 0. The fourth-order valence-corrected chi connectivity index (χ4v) is 8.03. The van der Waals surface area contributed by atoms with Crippen LogP contribution in [0.25, 0.3) is 0 Å². The second kappa shape index (κ2) is 7.50. The molecule has 2 aromatic carbocycles. The first-order chi connectivity index (χ1) is 16.7. The van der Waals surface area contributed by atoms with E-state index in [-0.39, 0.29) is 17.1 Å². The first-order valence-electron chi connectivity index (χ1n) is 11.2. The van der Waals surface area contributed by atoms with Crippen molar-refractivity contribution in [3.05, 3.63) is 124 Å². The van der Waals surface area contributed by atoms with Crippen LogP contribution in [-0.4, -0.2) is 37.5 Å². The summed E-state index contributed by atoms with van der Waals surface area (Å²) in [6.45, 7) is 0. The maximum atomic E-state index is 12.8. The summed E-state index contributed by atoms with van der Waals surface area (Å²) in [4.78, 5) is 32.6. The van der Waals surface area contributed by atoms with Crippen LogP contribution in [0.2, 0.25) is 0 Å². The molecule has 162 valence electrons. The number of para-hydroxylation sites is 1. The van der Waals surface area contributed by atoms with Gasteiger partial charge in [0.05, 0.1) is 0 Å². The number of Topliss-reactive ketones (excluding diaryl/α,β-unsaturated/α-hetero) is 2. The zero-order chi connectivity index (χ0) is 22.8. The first-order valence-corrected chi connectivity index (χ1v) is 13.6. The summed E-state index contributed by atoms with van der Waals surface area (Å²) >= 11 is -0.509. The molecule has 2 heterocycles. The molecule has 1 aliphatic heterocycles. The van der Waals surface area contributed by atoms with Gasteiger partial charge in [-0.05, 0) is 0 Å². The summed E-state index contributed by atoms with van der Waals surface area (Å²) in [5, 5.41) is 0. The smallest absolute Gasteiger partial charge is 0.0615 e. The van der Waals surface area contributed by atoms with Gasteiger partial charge in [0.2, 0.25) is 0 Å². The standard InChI is InChI=1S/C29H18N2O2Te/c32-27-21-6-1-2-7-22(21)28(33)23(27)14-17-12-18-15-20(16-19(18)13-17)31-24-8-3-4-10-26(24)34-29-25(31)9-5-11-30-29/h1-12,14,16H,13,15H2. The number of pyridine rings is 1. The Morgan fingerprint density at radius 1 is 0.794 bits per heavy atom. The van der Waals surface area contributed by atoms with E-state index < -0.39 is 20.9 Å². The van der Waals surface area contributed by atoms with Crippen LogP contribution < -0.4 is 12.3 Å². The number of allylic oxidation sites excluding steroid dienone is 7. The van der Waals surface area contributed by atoms with E-state index in [1.165, 1.54) is 35.6 Å². The Kier molecular flexibility index (Phi) is 4.39. The fourth-order valence-electron chi connectivity index (χ4n) is 5.18. The van der Waals surface area contributed by atoms with Gasteiger partial charge < -0.3 is 0 Å². The van der Waals surface area contributed by atoms with Crippen molar-refractivity contribution in [3.8, 4) is 0 Å². The van der Waals surface area contributed by atoms with Crippen molar-refractivity contribution in [3.63, 3.8) is 0 Å². The van der Waals surface area contributed by atoms with Crippen LogP contribution in [0.1, 0.15) is 33.6 Å². The second-order valence-corrected chi connectivity index (χ2v) is 11.7. The third kappa shape index (κ3) is 2.94. The van der Waals surface area contributed by atoms with Gasteiger partial charge in [0.1, 0.15) is 0 Å². The number of hydrogen-bond acceptors (Lipinski definition) is 4. The van der Waals surface area contributed by atoms with Gasteiger partial charge in [-0.15, -0.1) is 0 Å². The molecular weight excluding hydrogens is 536 g/mol. The first kappa shape index (κ1) is 19.9. The van der Waals surface area contributed by atoms with E-state index in [2.05, 4.69) is 47.4 Å². The van der Waals surface area contributed by atoms with E-state index in [1.54, 1.807) is 30.3 Å². The van der Waals surface area contributed by atoms with Gasteiger partial charge in [-0.1, -0.05) is 24.3 Å². The Labute approximate surface area is 207 Å². The molecule has 34 heavy (non-hydrogen) atoms. The Morgan fingerprint density at radius 3 is 2.29 bits per heavy atom. The van der Waals surface area contributed by atoms with Crippen LogP contribution in [0, 0.1) is 0 Å². The molecule has 4 nitrogen and oxygen atoms in total. The van der Waals surface area contributed by atoms with Crippen molar-refractivity contribution in [2.75, 3.05) is 4.90 Å². The molecule has 0 atom stereocenters. The van der Waals surface area contributed by atoms with Crippen molar-refractivity contribution in [1.29, 1.82) is 0 Å². The topological polar surface area (TPSA) is 50.3 Å². The van der Waals surface area contributed by atoms with Crippen LogP contribution in [-0.2, 0) is 0 Å². The monoisotopic (exact) mass is 556 g/mol. The number of aromatic nitrogens is 1. The quantitative estimate of drug-likeness (QED) is 0.272. The Bertz CT molecular complexity index is 1490. The molecular formula is C29H18N2O2Te. The molecule has 0 spiro atoms. The Balaban J connectivity index is 1.18. The van der Waals surface area contributed by atoms with Crippen molar-refractivity contribution in [1.82, 2.24) is 4.98 Å². The van der Waals surface area contributed by atoms with Crippen LogP contribution in [0.4, 0.5) is 11.4 Å². The molecule has 0 radical (unpaired) electrons. The average molecular weight is 554 g/mol. The maximum absolute atomic E-state index is 12.8. The average Bonchev–Trinajstić information content (AvgIpc) is 3.50. The van der Waals surface area contributed by atoms with E-state index in [0.717, 1.165) is 18.4 Å². The van der Waals surface area contributed by atoms with E-state index in [9.17, 15) is 9.59 Å². The number of rotatable bonds is 2. The van der Waals surface area contributed by atoms with Gasteiger partial charge in [0.15, 0.2) is 0 Å². The summed E-state index contributed by atoms with van der Waals surface area (Å²) in [5.41, 5.74) is 8.59. The summed E-state index contributed by atoms with van der Waals surface area (Å²) in [5.74, 6) is -0.328. The molecule has 0 bridgehead atoms. The summed E-state index contributed by atoms with van der Waals surface area (Å²) < 4.78 is 2.63. The number of benzene rings is 2. The SMILES string of the molecule is O=C1C(=CC2=CC3=C(C=C(N4c5ccccc5[Te]c5ncccc54)C3)C2)C(=O)c2ccccc21. The number of nitrogens with zero attached hydrogens (tertiary/aromatic N) is 2.